The summed E-state index contributed by atoms with van der Waals surface area (Å²) in [5, 5.41) is 18.3. The summed E-state index contributed by atoms with van der Waals surface area (Å²) < 4.78 is 0. The van der Waals surface area contributed by atoms with E-state index in [-0.39, 0.29) is 12.8 Å². The molecule has 0 aromatic heterocycles. The highest BCUT2D eigenvalue weighted by atomic mass is 14.3. The van der Waals surface area contributed by atoms with Crippen LogP contribution in [0.3, 0.4) is 0 Å². The smallest absolute Gasteiger partial charge is 0.0148 e. The lowest BCUT2D eigenvalue weighted by Gasteiger charge is -2.30. The Balaban J connectivity index is 0.000000637. The third-order valence-electron chi connectivity index (χ3n) is 16.4. The van der Waals surface area contributed by atoms with Gasteiger partial charge in [0, 0.05) is 5.41 Å². The van der Waals surface area contributed by atoms with Crippen molar-refractivity contribution in [3.63, 3.8) is 0 Å². The van der Waals surface area contributed by atoms with Crippen LogP contribution in [0, 0.1) is 0 Å². The van der Waals surface area contributed by atoms with Gasteiger partial charge in [0.25, 0.3) is 0 Å². The second kappa shape index (κ2) is 27.1. The first-order valence-electron chi connectivity index (χ1n) is 29.7. The molecule has 0 heterocycles. The molecule has 0 spiro atoms. The second-order valence-corrected chi connectivity index (χ2v) is 21.4. The maximum atomic E-state index is 3.36. The number of rotatable bonds is 7. The van der Waals surface area contributed by atoms with Gasteiger partial charge in [-0.25, -0.2) is 0 Å². The molecule has 0 aliphatic heterocycles. The fraction of sp³-hybridized carbons (Fsp3) is 0.0930. The summed E-state index contributed by atoms with van der Waals surface area (Å²) in [6.45, 7) is 28.9. The quantitative estimate of drug-likeness (QED) is 0.110. The largest absolute Gasteiger partial charge is 0.106 e. The topological polar surface area (TPSA) is 0 Å². The van der Waals surface area contributed by atoms with Crippen molar-refractivity contribution < 1.29 is 0 Å². The molecule has 0 nitrogen and oxygen atoms in total. The first-order valence-corrected chi connectivity index (χ1v) is 29.7. The van der Waals surface area contributed by atoms with Crippen LogP contribution in [0.2, 0.25) is 0 Å². The lowest BCUT2D eigenvalue weighted by Crippen LogP contribution is -2.20. The third-order valence-corrected chi connectivity index (χ3v) is 16.4. The summed E-state index contributed by atoms with van der Waals surface area (Å²) >= 11 is 0. The van der Waals surface area contributed by atoms with Gasteiger partial charge in [0.1, 0.15) is 0 Å². The van der Waals surface area contributed by atoms with Crippen molar-refractivity contribution in [1.29, 1.82) is 0 Å². The Hall–Kier alpha value is -10.1. The molecule has 0 N–H and O–H groups in total. The average molecular weight is 1110 g/mol. The van der Waals surface area contributed by atoms with Gasteiger partial charge >= 0.3 is 0 Å². The van der Waals surface area contributed by atoms with Crippen LogP contribution >= 0.6 is 0 Å². The molecule has 0 fully saturated rings. The SMILES string of the molecule is C.C=C.C=C.C=CC.C=CC.CC.CC1(c2cccc3ccccc23)C=CC(c2ccc3ccc4c(-c5cccc(-c6cccc(-c7cccc(-c8ccc9ccc%10c(-c%11ccccc%11)ccc%11ccc8c9c%11%10)c7)c6)c5)ccc5ccc2c3c54)=CC1. The number of hydrogen-bond acceptors (Lipinski definition) is 0. The fourth-order valence-electron chi connectivity index (χ4n) is 12.7. The Morgan fingerprint density at radius 2 is 0.663 bits per heavy atom. The number of benzene rings is 14. The van der Waals surface area contributed by atoms with Gasteiger partial charge < -0.3 is 0 Å². The van der Waals surface area contributed by atoms with Crippen LogP contribution < -0.4 is 0 Å². The highest BCUT2D eigenvalue weighted by Gasteiger charge is 2.28. The predicted octanol–water partition coefficient (Wildman–Crippen LogP) is 25.9. The van der Waals surface area contributed by atoms with Gasteiger partial charge in [-0.15, -0.1) is 39.5 Å². The Morgan fingerprint density at radius 3 is 1.09 bits per heavy atom. The van der Waals surface area contributed by atoms with Crippen molar-refractivity contribution in [2.45, 2.75) is 53.9 Å². The van der Waals surface area contributed by atoms with E-state index >= 15 is 0 Å². The van der Waals surface area contributed by atoms with E-state index in [1.807, 2.05) is 27.7 Å². The zero-order valence-corrected chi connectivity index (χ0v) is 49.9. The Bertz CT molecular complexity index is 4720. The van der Waals surface area contributed by atoms with E-state index in [1.165, 1.54) is 148 Å². The maximum Gasteiger partial charge on any atom is 0.0148 e. The molecular weight excluding hydrogens is 1030 g/mol. The van der Waals surface area contributed by atoms with Crippen LogP contribution in [-0.2, 0) is 5.41 Å². The molecule has 422 valence electrons. The van der Waals surface area contributed by atoms with E-state index in [1.54, 1.807) is 12.2 Å². The molecule has 86 heavy (non-hydrogen) atoms. The molecule has 0 radical (unpaired) electrons. The Kier molecular flexibility index (Phi) is 19.0. The highest BCUT2D eigenvalue weighted by Crippen LogP contribution is 2.46. The Morgan fingerprint density at radius 1 is 0.337 bits per heavy atom. The van der Waals surface area contributed by atoms with Crippen LogP contribution in [0.1, 0.15) is 59.6 Å². The number of hydrogen-bond donors (Lipinski definition) is 0. The van der Waals surface area contributed by atoms with E-state index in [9.17, 15) is 0 Å². The Labute approximate surface area is 511 Å². The minimum absolute atomic E-state index is 0. The summed E-state index contributed by atoms with van der Waals surface area (Å²) in [5.74, 6) is 0. The number of fused-ring (bicyclic) bond motifs is 1. The minimum Gasteiger partial charge on any atom is -0.106 e. The lowest BCUT2D eigenvalue weighted by atomic mass is 9.73. The average Bonchev–Trinajstić information content (AvgIpc) is 0.953. The molecule has 14 aromatic carbocycles. The van der Waals surface area contributed by atoms with Gasteiger partial charge in [0.2, 0.25) is 0 Å². The first-order chi connectivity index (χ1) is 41.9. The molecule has 0 bridgehead atoms. The maximum absolute atomic E-state index is 3.36. The summed E-state index contributed by atoms with van der Waals surface area (Å²) in [7, 11) is 0. The standard InChI is InChI=1S/C73H48.2C3H6.C2H6.2C2H4.CH4/c1-73(68-22-10-14-47-13-5-6-21-63(47)68)41-39-48(40-42-73)60-32-24-50-30-38-67-62(34-26-52-28-36-65(60)70(50)72(52)67)58-20-9-18-56(45-58)54-16-7-15-53(43-54)55-17-8-19-57(44-55)61-33-25-51-27-35-64-59(46-11-3-2-4-12-46)31-23-49-29-37-66(61)71(51)69(49)64;2*1-3-2;3*1-2;/h2-41,43-45H,42H2,1H3;2*3H,1H2,2H3;1-2H3;2*1-2H2;1H4. The van der Waals surface area contributed by atoms with E-state index < -0.39 is 0 Å². The van der Waals surface area contributed by atoms with Gasteiger partial charge in [0.05, 0.1) is 0 Å². The minimum atomic E-state index is -0.0772. The van der Waals surface area contributed by atoms with Crippen LogP contribution in [0.5, 0.6) is 0 Å². The van der Waals surface area contributed by atoms with Gasteiger partial charge in [0.15, 0.2) is 0 Å². The summed E-state index contributed by atoms with van der Waals surface area (Å²) in [4.78, 5) is 0. The molecule has 15 rings (SSSR count). The van der Waals surface area contributed by atoms with Crippen molar-refractivity contribution in [1.82, 2.24) is 0 Å². The molecular formula is C86H78. The second-order valence-electron chi connectivity index (χ2n) is 21.4. The zero-order valence-electron chi connectivity index (χ0n) is 49.9. The first kappa shape index (κ1) is 60.5. The zero-order chi connectivity index (χ0) is 59.6. The lowest BCUT2D eigenvalue weighted by molar-refractivity contribution is 0.607. The molecule has 1 aliphatic carbocycles. The van der Waals surface area contributed by atoms with Gasteiger partial charge in [-0.2, -0.15) is 0 Å². The van der Waals surface area contributed by atoms with Crippen LogP contribution in [0.15, 0.2) is 313 Å². The van der Waals surface area contributed by atoms with E-state index in [0.717, 1.165) is 6.42 Å². The van der Waals surface area contributed by atoms with Crippen LogP contribution in [0.4, 0.5) is 0 Å². The molecule has 1 atom stereocenters. The molecule has 1 aliphatic rings. The molecule has 14 aromatic rings. The van der Waals surface area contributed by atoms with Crippen molar-refractivity contribution in [3.05, 3.63) is 324 Å². The number of allylic oxidation sites excluding steroid dienone is 6. The molecule has 1 unspecified atom stereocenters. The van der Waals surface area contributed by atoms with Crippen LogP contribution in [0.25, 0.3) is 137 Å². The van der Waals surface area contributed by atoms with E-state index in [2.05, 4.69) is 307 Å². The predicted molar refractivity (Wildman–Crippen MR) is 386 cm³/mol. The normalized spacial score (nSPS) is 13.2. The molecule has 0 heteroatoms. The van der Waals surface area contributed by atoms with Crippen molar-refractivity contribution in [2.24, 2.45) is 0 Å². The van der Waals surface area contributed by atoms with Crippen molar-refractivity contribution >= 4 is 81.0 Å². The van der Waals surface area contributed by atoms with Crippen LogP contribution in [-0.4, -0.2) is 0 Å². The summed E-state index contributed by atoms with van der Waals surface area (Å²) in [6.07, 6.45) is 11.7. The molecule has 0 saturated heterocycles. The van der Waals surface area contributed by atoms with Gasteiger partial charge in [-0.1, -0.05) is 283 Å². The molecule has 0 amide bonds. The van der Waals surface area contributed by atoms with E-state index in [4.69, 9.17) is 0 Å². The highest BCUT2D eigenvalue weighted by molar-refractivity contribution is 6.29. The van der Waals surface area contributed by atoms with Crippen molar-refractivity contribution in [2.75, 3.05) is 0 Å². The van der Waals surface area contributed by atoms with Gasteiger partial charge in [-0.3, -0.25) is 0 Å². The van der Waals surface area contributed by atoms with E-state index in [0.29, 0.717) is 0 Å². The molecule has 0 saturated carbocycles. The fourth-order valence-corrected chi connectivity index (χ4v) is 12.7. The summed E-state index contributed by atoms with van der Waals surface area (Å²) in [5.41, 5.74) is 16.2. The summed E-state index contributed by atoms with van der Waals surface area (Å²) in [6, 6.07) is 90.7. The van der Waals surface area contributed by atoms with Gasteiger partial charge in [-0.05, 0) is 186 Å². The van der Waals surface area contributed by atoms with Crippen molar-refractivity contribution in [3.8, 4) is 55.6 Å². The monoisotopic (exact) mass is 1110 g/mol. The third kappa shape index (κ3) is 11.2.